The molecule has 1 aliphatic heterocycles. The van der Waals surface area contributed by atoms with Crippen LogP contribution in [0.4, 0.5) is 5.69 Å². The van der Waals surface area contributed by atoms with Gasteiger partial charge < -0.3 is 4.90 Å². The van der Waals surface area contributed by atoms with Crippen molar-refractivity contribution in [1.82, 2.24) is 0 Å². The smallest absolute Gasteiger partial charge is 0.237 e. The highest BCUT2D eigenvalue weighted by Gasteiger charge is 2.45. The van der Waals surface area contributed by atoms with Gasteiger partial charge in [-0.3, -0.25) is 4.79 Å². The second-order valence-corrected chi connectivity index (χ2v) is 6.20. The van der Waals surface area contributed by atoms with Crippen molar-refractivity contribution in [2.24, 2.45) is 0 Å². The van der Waals surface area contributed by atoms with E-state index in [9.17, 15) is 4.79 Å². The Kier molecular flexibility index (Phi) is 3.32. The molecule has 3 rings (SSSR count). The second-order valence-electron chi connectivity index (χ2n) is 6.20. The Hall–Kier alpha value is -2.09. The number of carbonyl (C=O) groups is 1. The predicted molar refractivity (Wildman–Crippen MR) is 86.7 cm³/mol. The number of nitrogens with zero attached hydrogens (tertiary/aromatic N) is 1. The van der Waals surface area contributed by atoms with Crippen LogP contribution in [0, 0.1) is 6.92 Å². The van der Waals surface area contributed by atoms with Crippen LogP contribution in [0.1, 0.15) is 30.0 Å². The minimum atomic E-state index is -0.407. The van der Waals surface area contributed by atoms with E-state index in [1.807, 2.05) is 25.2 Å². The molecule has 0 bridgehead atoms. The van der Waals surface area contributed by atoms with Gasteiger partial charge in [-0.05, 0) is 43.9 Å². The predicted octanol–water partition coefficient (Wildman–Crippen LogP) is 3.86. The zero-order valence-corrected chi connectivity index (χ0v) is 12.9. The summed E-state index contributed by atoms with van der Waals surface area (Å²) in [5.74, 6) is 0.204. The zero-order valence-electron chi connectivity index (χ0n) is 12.9. The molecule has 0 aliphatic carbocycles. The van der Waals surface area contributed by atoms with Crippen molar-refractivity contribution in [1.29, 1.82) is 0 Å². The Balaban J connectivity index is 1.87. The summed E-state index contributed by atoms with van der Waals surface area (Å²) in [6.45, 7) is 4.17. The van der Waals surface area contributed by atoms with Gasteiger partial charge in [0.25, 0.3) is 0 Å². The molecular weight excluding hydrogens is 258 g/mol. The molecule has 0 saturated heterocycles. The molecule has 1 atom stereocenters. The number of likely N-dealkylation sites (N-methyl/N-ethyl adjacent to an activating group) is 1. The van der Waals surface area contributed by atoms with Crippen molar-refractivity contribution in [3.8, 4) is 0 Å². The lowest BCUT2D eigenvalue weighted by Crippen LogP contribution is -2.36. The van der Waals surface area contributed by atoms with Crippen LogP contribution < -0.4 is 4.90 Å². The number of benzene rings is 2. The van der Waals surface area contributed by atoms with E-state index in [0.717, 1.165) is 24.1 Å². The quantitative estimate of drug-likeness (QED) is 0.835. The largest absolute Gasteiger partial charge is 0.314 e. The number of hydrogen-bond donors (Lipinski definition) is 0. The molecule has 2 aromatic carbocycles. The first-order valence-electron chi connectivity index (χ1n) is 7.45. The van der Waals surface area contributed by atoms with Gasteiger partial charge in [0.2, 0.25) is 5.91 Å². The number of hydrogen-bond acceptors (Lipinski definition) is 1. The van der Waals surface area contributed by atoms with E-state index in [-0.39, 0.29) is 5.91 Å². The Bertz CT molecular complexity index is 674. The molecule has 0 aromatic heterocycles. The number of aryl methyl sites for hydroxylation is 2. The fourth-order valence-electron chi connectivity index (χ4n) is 3.22. The highest BCUT2D eigenvalue weighted by molar-refractivity contribution is 6.07. The lowest BCUT2D eigenvalue weighted by molar-refractivity contribution is -0.122. The Morgan fingerprint density at radius 3 is 2.43 bits per heavy atom. The maximum atomic E-state index is 12.7. The standard InChI is InChI=1S/C19H21NO/c1-14-8-10-15(11-9-14)12-13-19(2)16-6-4-5-7-17(16)20(3)18(19)21/h4-11H,12-13H2,1-3H3. The number of amides is 1. The van der Waals surface area contributed by atoms with Crippen LogP contribution in [-0.4, -0.2) is 13.0 Å². The summed E-state index contributed by atoms with van der Waals surface area (Å²) in [6.07, 6.45) is 1.76. The maximum absolute atomic E-state index is 12.7. The molecule has 21 heavy (non-hydrogen) atoms. The van der Waals surface area contributed by atoms with E-state index in [1.54, 1.807) is 4.90 Å². The van der Waals surface area contributed by atoms with E-state index in [1.165, 1.54) is 11.1 Å². The molecule has 1 aliphatic rings. The minimum absolute atomic E-state index is 0.204. The molecule has 2 nitrogen and oxygen atoms in total. The highest BCUT2D eigenvalue weighted by atomic mass is 16.2. The normalized spacial score (nSPS) is 20.7. The first-order chi connectivity index (χ1) is 10.0. The van der Waals surface area contributed by atoms with Crippen LogP contribution in [0.15, 0.2) is 48.5 Å². The van der Waals surface area contributed by atoms with Crippen LogP contribution in [0.2, 0.25) is 0 Å². The minimum Gasteiger partial charge on any atom is -0.314 e. The average Bonchev–Trinajstić information content (AvgIpc) is 2.70. The third-order valence-corrected chi connectivity index (χ3v) is 4.67. The Morgan fingerprint density at radius 2 is 1.71 bits per heavy atom. The molecule has 108 valence electrons. The van der Waals surface area contributed by atoms with E-state index < -0.39 is 5.41 Å². The van der Waals surface area contributed by atoms with Crippen LogP contribution in [-0.2, 0) is 16.6 Å². The van der Waals surface area contributed by atoms with Gasteiger partial charge >= 0.3 is 0 Å². The molecule has 0 N–H and O–H groups in total. The lowest BCUT2D eigenvalue weighted by Gasteiger charge is -2.23. The van der Waals surface area contributed by atoms with E-state index >= 15 is 0 Å². The Labute approximate surface area is 126 Å². The van der Waals surface area contributed by atoms with Gasteiger partial charge in [0.1, 0.15) is 0 Å². The van der Waals surface area contributed by atoms with Crippen molar-refractivity contribution in [3.63, 3.8) is 0 Å². The fourth-order valence-corrected chi connectivity index (χ4v) is 3.22. The first-order valence-corrected chi connectivity index (χ1v) is 7.45. The summed E-state index contributed by atoms with van der Waals surface area (Å²) in [6, 6.07) is 16.7. The van der Waals surface area contributed by atoms with Crippen LogP contribution in [0.25, 0.3) is 0 Å². The highest BCUT2D eigenvalue weighted by Crippen LogP contribution is 2.43. The monoisotopic (exact) mass is 279 g/mol. The van der Waals surface area contributed by atoms with Gasteiger partial charge in [-0.1, -0.05) is 48.0 Å². The summed E-state index contributed by atoms with van der Waals surface area (Å²) in [5.41, 5.74) is 4.36. The van der Waals surface area contributed by atoms with Crippen LogP contribution in [0.3, 0.4) is 0 Å². The average molecular weight is 279 g/mol. The van der Waals surface area contributed by atoms with Crippen molar-refractivity contribution >= 4 is 11.6 Å². The molecular formula is C19H21NO. The van der Waals surface area contributed by atoms with Crippen LogP contribution >= 0.6 is 0 Å². The molecule has 1 amide bonds. The molecule has 1 heterocycles. The SMILES string of the molecule is Cc1ccc(CCC2(C)C(=O)N(C)c3ccccc32)cc1. The summed E-state index contributed by atoms with van der Waals surface area (Å²) in [4.78, 5) is 14.5. The van der Waals surface area contributed by atoms with Gasteiger partial charge in [0, 0.05) is 12.7 Å². The first kappa shape index (κ1) is 13.9. The summed E-state index contributed by atoms with van der Waals surface area (Å²) in [7, 11) is 1.87. The van der Waals surface area contributed by atoms with Crippen molar-refractivity contribution in [3.05, 3.63) is 65.2 Å². The summed E-state index contributed by atoms with van der Waals surface area (Å²) in [5, 5.41) is 0. The molecule has 1 unspecified atom stereocenters. The number of rotatable bonds is 3. The van der Waals surface area contributed by atoms with Gasteiger partial charge in [-0.25, -0.2) is 0 Å². The molecule has 2 aromatic rings. The topological polar surface area (TPSA) is 20.3 Å². The Morgan fingerprint density at radius 1 is 1.05 bits per heavy atom. The van der Waals surface area contributed by atoms with Crippen molar-refractivity contribution in [2.75, 3.05) is 11.9 Å². The lowest BCUT2D eigenvalue weighted by atomic mass is 9.79. The van der Waals surface area contributed by atoms with Gasteiger partial charge in [0.05, 0.1) is 5.41 Å². The zero-order chi connectivity index (χ0) is 15.0. The van der Waals surface area contributed by atoms with Crippen LogP contribution in [0.5, 0.6) is 0 Å². The third kappa shape index (κ3) is 2.25. The summed E-state index contributed by atoms with van der Waals surface area (Å²) < 4.78 is 0. The number of fused-ring (bicyclic) bond motifs is 1. The fraction of sp³-hybridized carbons (Fsp3) is 0.316. The molecule has 0 fully saturated rings. The third-order valence-electron chi connectivity index (χ3n) is 4.67. The number of anilines is 1. The number of carbonyl (C=O) groups excluding carboxylic acids is 1. The summed E-state index contributed by atoms with van der Waals surface area (Å²) >= 11 is 0. The van der Waals surface area contributed by atoms with Gasteiger partial charge in [-0.15, -0.1) is 0 Å². The van der Waals surface area contributed by atoms with E-state index in [4.69, 9.17) is 0 Å². The number of para-hydroxylation sites is 1. The maximum Gasteiger partial charge on any atom is 0.237 e. The van der Waals surface area contributed by atoms with E-state index in [2.05, 4.69) is 44.2 Å². The van der Waals surface area contributed by atoms with E-state index in [0.29, 0.717) is 0 Å². The molecule has 0 saturated carbocycles. The van der Waals surface area contributed by atoms with Gasteiger partial charge in [0.15, 0.2) is 0 Å². The molecule has 0 radical (unpaired) electrons. The van der Waals surface area contributed by atoms with Crippen molar-refractivity contribution < 1.29 is 4.79 Å². The van der Waals surface area contributed by atoms with Gasteiger partial charge in [-0.2, -0.15) is 0 Å². The second kappa shape index (κ2) is 5.03. The van der Waals surface area contributed by atoms with Crippen molar-refractivity contribution in [2.45, 2.75) is 32.1 Å². The molecule has 2 heteroatoms. The molecule has 0 spiro atoms.